The first-order chi connectivity index (χ1) is 12.5. The highest BCUT2D eigenvalue weighted by molar-refractivity contribution is 5.74. The number of benzene rings is 2. The molecule has 0 spiro atoms. The maximum atomic E-state index is 4.72. The van der Waals surface area contributed by atoms with Crippen molar-refractivity contribution in [3.63, 3.8) is 0 Å². The average Bonchev–Trinajstić information content (AvgIpc) is 2.57. The molecule has 0 unspecified atom stereocenters. The summed E-state index contributed by atoms with van der Waals surface area (Å²) in [6.07, 6.45) is 0. The molecule has 1 aromatic heterocycles. The smallest absolute Gasteiger partial charge is 0.0889 e. The lowest BCUT2D eigenvalue weighted by Crippen LogP contribution is -1.87. The van der Waals surface area contributed by atoms with Crippen LogP contribution in [0.25, 0.3) is 22.1 Å². The van der Waals surface area contributed by atoms with Gasteiger partial charge in [-0.25, -0.2) is 0 Å². The van der Waals surface area contributed by atoms with E-state index in [2.05, 4.69) is 0 Å². The Kier molecular flexibility index (Phi) is 5.32. The van der Waals surface area contributed by atoms with E-state index in [1.807, 2.05) is 88.4 Å². The highest BCUT2D eigenvalue weighted by Gasteiger charge is 1.95. The van der Waals surface area contributed by atoms with Crippen molar-refractivity contribution in [1.29, 1.82) is 0 Å². The molecule has 0 radical (unpaired) electrons. The third-order valence-corrected chi connectivity index (χ3v) is 3.79. The van der Waals surface area contributed by atoms with Crippen LogP contribution >= 0.6 is 0 Å². The molecule has 3 aromatic rings. The maximum absolute atomic E-state index is 4.72. The van der Waals surface area contributed by atoms with E-state index in [0.29, 0.717) is 0 Å². The van der Waals surface area contributed by atoms with E-state index in [-0.39, 0.29) is 0 Å². The van der Waals surface area contributed by atoms with Crippen molar-refractivity contribution in [1.82, 2.24) is 19.9 Å². The molecule has 0 aliphatic rings. The summed E-state index contributed by atoms with van der Waals surface area (Å²) in [5, 5.41) is 0. The number of aryl methyl sites for hydroxylation is 4. The van der Waals surface area contributed by atoms with Crippen molar-refractivity contribution in [2.75, 3.05) is 0 Å². The highest BCUT2D eigenvalue weighted by atomic mass is 14.8. The lowest BCUT2D eigenvalue weighted by atomic mass is 10.3. The molecule has 0 saturated heterocycles. The number of hydrogen-bond acceptors (Lipinski definition) is 4. The second-order valence-corrected chi connectivity index (χ2v) is 6.28. The number of rotatable bonds is 0. The Labute approximate surface area is 153 Å². The zero-order valence-electron chi connectivity index (χ0n) is 15.6. The molecular formula is C22H22N4. The Hall–Kier alpha value is -3.14. The van der Waals surface area contributed by atoms with Crippen molar-refractivity contribution in [3.05, 3.63) is 83.4 Å². The number of fused-ring (bicyclic) bond motifs is 2. The molecule has 4 nitrogen and oxygen atoms in total. The summed E-state index contributed by atoms with van der Waals surface area (Å²) >= 11 is 0. The number of aromatic nitrogens is 4. The standard InChI is InChI=1S/C22H22N4/c1-15-13-16(2)24-21-11-7-8-12-22(21)26-18(4)14-17(3)25-20-10-6-5-9-19(20)23-15/h5-14H,1-4H3. The van der Waals surface area contributed by atoms with E-state index in [4.69, 9.17) is 19.9 Å². The fraction of sp³-hybridized carbons (Fsp3) is 0.182. The van der Waals surface area contributed by atoms with Crippen LogP contribution in [0.4, 0.5) is 0 Å². The van der Waals surface area contributed by atoms with Crippen LogP contribution < -0.4 is 0 Å². The fourth-order valence-corrected chi connectivity index (χ4v) is 2.80. The number of nitrogens with zero attached hydrogens (tertiary/aromatic N) is 4. The first-order valence-corrected chi connectivity index (χ1v) is 8.60. The predicted octanol–water partition coefficient (Wildman–Crippen LogP) is 5.06. The first-order valence-electron chi connectivity index (χ1n) is 8.60. The fourth-order valence-electron chi connectivity index (χ4n) is 2.80. The molecule has 4 heteroatoms. The molecule has 2 aromatic carbocycles. The molecule has 0 atom stereocenters. The summed E-state index contributed by atoms with van der Waals surface area (Å²) in [5.41, 5.74) is 6.88. The lowest BCUT2D eigenvalue weighted by Gasteiger charge is -1.97. The van der Waals surface area contributed by atoms with Crippen LogP contribution in [0.2, 0.25) is 0 Å². The van der Waals surface area contributed by atoms with Crippen molar-refractivity contribution in [2.45, 2.75) is 27.7 Å². The van der Waals surface area contributed by atoms with Gasteiger partial charge < -0.3 is 0 Å². The Morgan fingerprint density at radius 1 is 0.423 bits per heavy atom. The Bertz CT molecular complexity index is 917. The van der Waals surface area contributed by atoms with E-state index >= 15 is 0 Å². The Balaban J connectivity index is 2.48. The summed E-state index contributed by atoms with van der Waals surface area (Å²) in [5.74, 6) is 0. The maximum Gasteiger partial charge on any atom is 0.0889 e. The largest absolute Gasteiger partial charge is 0.251 e. The molecule has 1 heterocycles. The molecule has 0 fully saturated rings. The van der Waals surface area contributed by atoms with Crippen molar-refractivity contribution < 1.29 is 0 Å². The lowest BCUT2D eigenvalue weighted by molar-refractivity contribution is 1.17. The van der Waals surface area contributed by atoms with Gasteiger partial charge in [0.15, 0.2) is 0 Å². The van der Waals surface area contributed by atoms with Gasteiger partial charge in [0.2, 0.25) is 0 Å². The average molecular weight is 342 g/mol. The Morgan fingerprint density at radius 3 is 0.885 bits per heavy atom. The third kappa shape index (κ3) is 4.48. The molecule has 130 valence electrons. The quantitative estimate of drug-likeness (QED) is 0.573. The zero-order valence-corrected chi connectivity index (χ0v) is 15.6. The van der Waals surface area contributed by atoms with Crippen LogP contribution in [0.15, 0.2) is 60.7 Å². The SMILES string of the molecule is Cc1cc(C)nc2ccccc2nc(C)cc(C)nc2ccccc2n1. The van der Waals surface area contributed by atoms with Crippen LogP contribution in [0.1, 0.15) is 22.8 Å². The summed E-state index contributed by atoms with van der Waals surface area (Å²) in [4.78, 5) is 18.9. The van der Waals surface area contributed by atoms with E-state index in [1.165, 1.54) is 0 Å². The van der Waals surface area contributed by atoms with Gasteiger partial charge in [-0.05, 0) is 64.1 Å². The van der Waals surface area contributed by atoms with E-state index in [0.717, 1.165) is 44.8 Å². The van der Waals surface area contributed by atoms with Gasteiger partial charge in [-0.15, -0.1) is 0 Å². The molecule has 0 aliphatic heterocycles. The summed E-state index contributed by atoms with van der Waals surface area (Å²) < 4.78 is 0. The van der Waals surface area contributed by atoms with E-state index < -0.39 is 0 Å². The van der Waals surface area contributed by atoms with Crippen LogP contribution in [-0.2, 0) is 0 Å². The van der Waals surface area contributed by atoms with Crippen molar-refractivity contribution >= 4 is 22.1 Å². The van der Waals surface area contributed by atoms with Crippen LogP contribution in [0, 0.1) is 27.7 Å². The van der Waals surface area contributed by atoms with Gasteiger partial charge in [0.25, 0.3) is 0 Å². The summed E-state index contributed by atoms with van der Waals surface area (Å²) in [7, 11) is 0. The molecule has 26 heavy (non-hydrogen) atoms. The summed E-state index contributed by atoms with van der Waals surface area (Å²) in [6.45, 7) is 7.88. The second-order valence-electron chi connectivity index (χ2n) is 6.28. The molecule has 0 saturated carbocycles. The van der Waals surface area contributed by atoms with Gasteiger partial charge in [0.05, 0.1) is 22.1 Å². The number of para-hydroxylation sites is 4. The van der Waals surface area contributed by atoms with Gasteiger partial charge in [-0.1, -0.05) is 24.3 Å². The van der Waals surface area contributed by atoms with E-state index in [1.54, 1.807) is 0 Å². The van der Waals surface area contributed by atoms with Crippen LogP contribution in [0.5, 0.6) is 0 Å². The first kappa shape index (κ1) is 17.7. The minimum Gasteiger partial charge on any atom is -0.251 e. The zero-order chi connectivity index (χ0) is 18.5. The molecule has 0 N–H and O–H groups in total. The van der Waals surface area contributed by atoms with Crippen molar-refractivity contribution in [2.24, 2.45) is 0 Å². The minimum atomic E-state index is 0.842. The molecule has 0 bridgehead atoms. The molecule has 3 rings (SSSR count). The van der Waals surface area contributed by atoms with Gasteiger partial charge in [-0.2, -0.15) is 0 Å². The molecular weight excluding hydrogens is 320 g/mol. The van der Waals surface area contributed by atoms with Crippen molar-refractivity contribution in [3.8, 4) is 0 Å². The van der Waals surface area contributed by atoms with Gasteiger partial charge in [-0.3, -0.25) is 19.9 Å². The third-order valence-electron chi connectivity index (χ3n) is 3.79. The van der Waals surface area contributed by atoms with Gasteiger partial charge >= 0.3 is 0 Å². The highest BCUT2D eigenvalue weighted by Crippen LogP contribution is 2.09. The Morgan fingerprint density at radius 2 is 0.654 bits per heavy atom. The van der Waals surface area contributed by atoms with Crippen LogP contribution in [-0.4, -0.2) is 19.9 Å². The molecule has 0 aliphatic carbocycles. The topological polar surface area (TPSA) is 51.6 Å². The number of hydrogen-bond donors (Lipinski definition) is 0. The van der Waals surface area contributed by atoms with E-state index in [9.17, 15) is 0 Å². The monoisotopic (exact) mass is 342 g/mol. The van der Waals surface area contributed by atoms with Gasteiger partial charge in [0, 0.05) is 22.8 Å². The second kappa shape index (κ2) is 7.83. The summed E-state index contributed by atoms with van der Waals surface area (Å²) in [6, 6.07) is 19.7. The van der Waals surface area contributed by atoms with Crippen LogP contribution in [0.3, 0.4) is 0 Å². The van der Waals surface area contributed by atoms with Gasteiger partial charge in [0.1, 0.15) is 0 Å². The normalized spacial score (nSPS) is 10.3. The predicted molar refractivity (Wildman–Crippen MR) is 107 cm³/mol. The minimum absolute atomic E-state index is 0.842. The molecule has 0 amide bonds.